The van der Waals surface area contributed by atoms with E-state index in [9.17, 15) is 4.57 Å². The summed E-state index contributed by atoms with van der Waals surface area (Å²) in [7, 11) is -2.11. The van der Waals surface area contributed by atoms with Crippen LogP contribution in [0.2, 0.25) is 0 Å². The molecule has 1 heterocycles. The fraction of sp³-hybridized carbons (Fsp3) is 0. The molecule has 79 valence electrons. The molecule has 3 rings (SSSR count). The van der Waals surface area contributed by atoms with E-state index in [0.717, 1.165) is 22.2 Å². The van der Waals surface area contributed by atoms with Gasteiger partial charge in [0, 0.05) is 15.5 Å². The van der Waals surface area contributed by atoms with Gasteiger partial charge in [-0.25, -0.2) is 0 Å². The zero-order valence-electron chi connectivity index (χ0n) is 8.38. The molecule has 0 spiro atoms. The van der Waals surface area contributed by atoms with Crippen LogP contribution >= 0.6 is 17.9 Å². The maximum absolute atomic E-state index is 11.8. The fourth-order valence-corrected chi connectivity index (χ4v) is 2.99. The summed E-state index contributed by atoms with van der Waals surface area (Å²) in [6.07, 6.45) is 0. The summed E-state index contributed by atoms with van der Waals surface area (Å²) in [5.41, 5.74) is 2.06. The van der Waals surface area contributed by atoms with Crippen LogP contribution in [0.1, 0.15) is 0 Å². The Balaban J connectivity index is 0.000000963. The predicted octanol–water partition coefficient (Wildman–Crippen LogP) is 3.71. The lowest BCUT2D eigenvalue weighted by Crippen LogP contribution is -2.09. The lowest BCUT2D eigenvalue weighted by molar-refractivity contribution is 0.513. The Hall–Kier alpha value is -1.10. The van der Waals surface area contributed by atoms with E-state index < -0.39 is 8.03 Å². The Bertz CT molecular complexity index is 552. The van der Waals surface area contributed by atoms with E-state index in [-0.39, 0.29) is 9.90 Å². The summed E-state index contributed by atoms with van der Waals surface area (Å²) in [5.74, 6) is 0.722. The fourth-order valence-electron chi connectivity index (χ4n) is 1.83. The molecule has 0 aliphatic carbocycles. The third kappa shape index (κ3) is 1.69. The molecule has 0 fully saturated rings. The number of rotatable bonds is 0. The highest BCUT2D eigenvalue weighted by molar-refractivity contribution is 7.49. The highest BCUT2D eigenvalue weighted by Crippen LogP contribution is 2.41. The second kappa shape index (κ2) is 4.41. The van der Waals surface area contributed by atoms with E-state index in [1.807, 2.05) is 48.5 Å². The molecule has 1 unspecified atom stereocenters. The molecule has 3 radical (unpaired) electrons. The predicted molar refractivity (Wildman–Crippen MR) is 68.1 cm³/mol. The topological polar surface area (TPSA) is 26.3 Å². The molecule has 2 aromatic rings. The summed E-state index contributed by atoms with van der Waals surface area (Å²) in [6, 6.07) is 15.4. The quantitative estimate of drug-likeness (QED) is 0.663. The summed E-state index contributed by atoms with van der Waals surface area (Å²) in [5, 5.41) is 0.821. The number of hydrogen-bond acceptors (Lipinski definition) is 2. The monoisotopic (exact) mass is 247 g/mol. The SMILES string of the molecule is O=[PH]1Oc2ccccc2-c2ccccc21.[P]. The molecule has 0 bridgehead atoms. The van der Waals surface area contributed by atoms with Crippen molar-refractivity contribution in [2.45, 2.75) is 0 Å². The van der Waals surface area contributed by atoms with Gasteiger partial charge in [-0.3, -0.25) is 4.57 Å². The third-order valence-corrected chi connectivity index (χ3v) is 3.81. The Morgan fingerprint density at radius 1 is 0.875 bits per heavy atom. The van der Waals surface area contributed by atoms with Gasteiger partial charge in [0.2, 0.25) is 0 Å². The summed E-state index contributed by atoms with van der Waals surface area (Å²) in [6.45, 7) is 0. The summed E-state index contributed by atoms with van der Waals surface area (Å²) >= 11 is 0. The van der Waals surface area contributed by atoms with Gasteiger partial charge >= 0.3 is 0 Å². The summed E-state index contributed by atoms with van der Waals surface area (Å²) < 4.78 is 17.2. The Morgan fingerprint density at radius 3 is 2.31 bits per heavy atom. The lowest BCUT2D eigenvalue weighted by Gasteiger charge is -2.19. The van der Waals surface area contributed by atoms with Crippen molar-refractivity contribution in [1.29, 1.82) is 0 Å². The molecule has 0 saturated carbocycles. The van der Waals surface area contributed by atoms with Crippen molar-refractivity contribution >= 4 is 23.2 Å². The second-order valence-electron chi connectivity index (χ2n) is 3.43. The van der Waals surface area contributed by atoms with Crippen molar-refractivity contribution in [3.63, 3.8) is 0 Å². The van der Waals surface area contributed by atoms with Crippen LogP contribution in [0.4, 0.5) is 0 Å². The van der Waals surface area contributed by atoms with Gasteiger partial charge in [-0.1, -0.05) is 36.4 Å². The Labute approximate surface area is 98.1 Å². The standard InChI is InChI=1S/C12H9O2P.P/c13-15-12-8-4-2-6-10(12)9-5-1-3-7-11(9)14-15;/h1-8,15H;. The first-order chi connectivity index (χ1) is 7.36. The van der Waals surface area contributed by atoms with Gasteiger partial charge in [0.25, 0.3) is 8.03 Å². The molecule has 4 heteroatoms. The Morgan fingerprint density at radius 2 is 1.50 bits per heavy atom. The smallest absolute Gasteiger partial charge is 0.266 e. The molecule has 16 heavy (non-hydrogen) atoms. The summed E-state index contributed by atoms with van der Waals surface area (Å²) in [4.78, 5) is 0. The number of para-hydroxylation sites is 1. The lowest BCUT2D eigenvalue weighted by atomic mass is 10.0. The van der Waals surface area contributed by atoms with Crippen LogP contribution in [0.5, 0.6) is 5.75 Å². The van der Waals surface area contributed by atoms with Crippen LogP contribution < -0.4 is 9.83 Å². The number of benzene rings is 2. The van der Waals surface area contributed by atoms with Crippen molar-refractivity contribution in [3.05, 3.63) is 48.5 Å². The molecule has 0 N–H and O–H groups in total. The third-order valence-electron chi connectivity index (χ3n) is 2.53. The molecule has 1 atom stereocenters. The van der Waals surface area contributed by atoms with Crippen LogP contribution in [-0.4, -0.2) is 0 Å². The molecule has 1 aliphatic rings. The first-order valence-electron chi connectivity index (χ1n) is 4.77. The van der Waals surface area contributed by atoms with E-state index in [1.54, 1.807) is 0 Å². The molecule has 0 amide bonds. The average molecular weight is 247 g/mol. The van der Waals surface area contributed by atoms with Gasteiger partial charge in [0.15, 0.2) is 0 Å². The van der Waals surface area contributed by atoms with Crippen molar-refractivity contribution in [2.75, 3.05) is 0 Å². The van der Waals surface area contributed by atoms with Gasteiger partial charge in [0.05, 0.1) is 5.30 Å². The highest BCUT2D eigenvalue weighted by Gasteiger charge is 2.20. The van der Waals surface area contributed by atoms with Crippen LogP contribution in [0, 0.1) is 0 Å². The largest absolute Gasteiger partial charge is 0.441 e. The van der Waals surface area contributed by atoms with Crippen LogP contribution in [0.25, 0.3) is 11.1 Å². The van der Waals surface area contributed by atoms with Crippen LogP contribution in [-0.2, 0) is 4.57 Å². The molecule has 1 aliphatic heterocycles. The first-order valence-corrected chi connectivity index (χ1v) is 6.08. The average Bonchev–Trinajstić information content (AvgIpc) is 2.30. The Kier molecular flexibility index (Phi) is 3.14. The minimum Gasteiger partial charge on any atom is -0.441 e. The van der Waals surface area contributed by atoms with E-state index in [1.165, 1.54) is 0 Å². The maximum Gasteiger partial charge on any atom is 0.266 e. The molecular formula is C12H9O2P2. The van der Waals surface area contributed by atoms with Crippen LogP contribution in [0.15, 0.2) is 48.5 Å². The minimum absolute atomic E-state index is 0. The van der Waals surface area contributed by atoms with Gasteiger partial charge in [-0.2, -0.15) is 0 Å². The van der Waals surface area contributed by atoms with Gasteiger partial charge in [-0.15, -0.1) is 0 Å². The van der Waals surface area contributed by atoms with E-state index >= 15 is 0 Å². The normalized spacial score (nSPS) is 16.4. The highest BCUT2D eigenvalue weighted by atomic mass is 31.1. The van der Waals surface area contributed by atoms with Crippen LogP contribution in [0.3, 0.4) is 0 Å². The molecule has 0 aromatic heterocycles. The van der Waals surface area contributed by atoms with Gasteiger partial charge in [0.1, 0.15) is 5.75 Å². The molecular weight excluding hydrogens is 238 g/mol. The zero-order valence-corrected chi connectivity index (χ0v) is 10.3. The number of fused-ring (bicyclic) bond motifs is 3. The maximum atomic E-state index is 11.8. The minimum atomic E-state index is -2.11. The van der Waals surface area contributed by atoms with E-state index in [4.69, 9.17) is 4.52 Å². The first kappa shape index (κ1) is 11.4. The van der Waals surface area contributed by atoms with Crippen molar-refractivity contribution in [2.24, 2.45) is 0 Å². The van der Waals surface area contributed by atoms with Gasteiger partial charge < -0.3 is 4.52 Å². The zero-order chi connectivity index (χ0) is 10.3. The van der Waals surface area contributed by atoms with Gasteiger partial charge in [-0.05, 0) is 17.7 Å². The van der Waals surface area contributed by atoms with Crippen molar-refractivity contribution in [3.8, 4) is 16.9 Å². The van der Waals surface area contributed by atoms with E-state index in [2.05, 4.69) is 0 Å². The molecule has 2 nitrogen and oxygen atoms in total. The van der Waals surface area contributed by atoms with E-state index in [0.29, 0.717) is 0 Å². The van der Waals surface area contributed by atoms with Crippen molar-refractivity contribution in [1.82, 2.24) is 0 Å². The molecule has 0 saturated heterocycles. The number of hydrogen-bond donors (Lipinski definition) is 0. The second-order valence-corrected chi connectivity index (χ2v) is 4.75. The van der Waals surface area contributed by atoms with Crippen molar-refractivity contribution < 1.29 is 9.09 Å². The molecule has 2 aromatic carbocycles.